The van der Waals surface area contributed by atoms with Crippen molar-refractivity contribution in [2.45, 2.75) is 19.1 Å². The molecule has 1 aromatic heterocycles. The summed E-state index contributed by atoms with van der Waals surface area (Å²) in [5.41, 5.74) is 3.62. The second-order valence-electron chi connectivity index (χ2n) is 7.31. The Morgan fingerprint density at radius 2 is 1.53 bits per heavy atom. The van der Waals surface area contributed by atoms with Crippen LogP contribution in [-0.4, -0.2) is 27.1 Å². The van der Waals surface area contributed by atoms with E-state index < -0.39 is 12.0 Å². The minimum atomic E-state index is -0.936. The van der Waals surface area contributed by atoms with Crippen molar-refractivity contribution >= 4 is 11.8 Å². The molecular formula is C26H23N3O3. The van der Waals surface area contributed by atoms with E-state index in [1.165, 1.54) is 6.33 Å². The number of hydrogen-bond acceptors (Lipinski definition) is 5. The Kier molecular flexibility index (Phi) is 6.72. The Labute approximate surface area is 186 Å². The highest BCUT2D eigenvalue weighted by atomic mass is 16.5. The first-order valence-electron chi connectivity index (χ1n) is 10.3. The fourth-order valence-electron chi connectivity index (χ4n) is 3.29. The molecule has 4 rings (SSSR count). The van der Waals surface area contributed by atoms with Gasteiger partial charge in [0.05, 0.1) is 5.69 Å². The molecule has 32 heavy (non-hydrogen) atoms. The number of carboxylic acids is 1. The predicted molar refractivity (Wildman–Crippen MR) is 123 cm³/mol. The number of carboxylic acid groups (broad SMARTS) is 1. The molecule has 6 heteroatoms. The van der Waals surface area contributed by atoms with Gasteiger partial charge in [-0.2, -0.15) is 0 Å². The average molecular weight is 425 g/mol. The summed E-state index contributed by atoms with van der Waals surface area (Å²) < 4.78 is 5.83. The van der Waals surface area contributed by atoms with E-state index in [0.717, 1.165) is 22.4 Å². The molecule has 0 aliphatic carbocycles. The molecule has 4 aromatic rings. The van der Waals surface area contributed by atoms with Gasteiger partial charge in [-0.3, -0.25) is 0 Å². The molecule has 0 saturated heterocycles. The number of rotatable bonds is 9. The van der Waals surface area contributed by atoms with Crippen LogP contribution in [0.15, 0.2) is 97.3 Å². The van der Waals surface area contributed by atoms with Crippen LogP contribution in [0.4, 0.5) is 5.82 Å². The molecule has 1 atom stereocenters. The Bertz CT molecular complexity index is 1150. The quantitative estimate of drug-likeness (QED) is 0.400. The third-order valence-corrected chi connectivity index (χ3v) is 4.97. The van der Waals surface area contributed by atoms with E-state index >= 15 is 0 Å². The highest BCUT2D eigenvalue weighted by molar-refractivity contribution is 5.77. The van der Waals surface area contributed by atoms with Gasteiger partial charge in [0.25, 0.3) is 0 Å². The smallest absolute Gasteiger partial charge is 0.326 e. The van der Waals surface area contributed by atoms with Crippen molar-refractivity contribution in [1.29, 1.82) is 0 Å². The third kappa shape index (κ3) is 5.70. The first kappa shape index (κ1) is 21.1. The second kappa shape index (κ2) is 10.2. The monoisotopic (exact) mass is 425 g/mol. The zero-order valence-corrected chi connectivity index (χ0v) is 17.4. The van der Waals surface area contributed by atoms with Crippen molar-refractivity contribution in [2.24, 2.45) is 0 Å². The van der Waals surface area contributed by atoms with Crippen LogP contribution < -0.4 is 10.1 Å². The molecule has 0 bridgehead atoms. The standard InChI is InChI=1S/C26H23N3O3/c30-26(31)24(15-19-7-3-1-4-8-19)29-25-16-23(27-18-28-25)21-11-13-22(14-12-21)32-17-20-9-5-2-6-10-20/h1-14,16,18,24H,15,17H2,(H,30,31)(H,27,28,29). The van der Waals surface area contributed by atoms with Crippen molar-refractivity contribution in [2.75, 3.05) is 5.32 Å². The normalized spacial score (nSPS) is 11.5. The number of ether oxygens (including phenoxy) is 1. The Morgan fingerprint density at radius 1 is 0.875 bits per heavy atom. The Balaban J connectivity index is 1.43. The summed E-state index contributed by atoms with van der Waals surface area (Å²) in [7, 11) is 0. The third-order valence-electron chi connectivity index (χ3n) is 4.97. The molecule has 0 aliphatic rings. The number of aliphatic carboxylic acids is 1. The predicted octanol–water partition coefficient (Wildman–Crippen LogP) is 4.83. The SMILES string of the molecule is O=C(O)C(Cc1ccccc1)Nc1cc(-c2ccc(OCc3ccccc3)cc2)ncn1. The molecule has 0 fully saturated rings. The van der Waals surface area contributed by atoms with Gasteiger partial charge < -0.3 is 15.2 Å². The van der Waals surface area contributed by atoms with Crippen molar-refractivity contribution in [3.05, 3.63) is 108 Å². The van der Waals surface area contributed by atoms with Crippen LogP contribution in [0.5, 0.6) is 5.75 Å². The zero-order chi connectivity index (χ0) is 22.2. The first-order chi connectivity index (χ1) is 15.7. The van der Waals surface area contributed by atoms with Crippen molar-refractivity contribution in [3.8, 4) is 17.0 Å². The summed E-state index contributed by atoms with van der Waals surface area (Å²) >= 11 is 0. The van der Waals surface area contributed by atoms with Gasteiger partial charge in [-0.1, -0.05) is 60.7 Å². The number of benzene rings is 3. The molecule has 0 amide bonds. The zero-order valence-electron chi connectivity index (χ0n) is 17.4. The van der Waals surface area contributed by atoms with Crippen molar-refractivity contribution in [3.63, 3.8) is 0 Å². The van der Waals surface area contributed by atoms with Crippen molar-refractivity contribution in [1.82, 2.24) is 9.97 Å². The van der Waals surface area contributed by atoms with Gasteiger partial charge in [-0.05, 0) is 35.4 Å². The van der Waals surface area contributed by atoms with Gasteiger partial charge in [0.15, 0.2) is 0 Å². The van der Waals surface area contributed by atoms with Crippen LogP contribution in [0.2, 0.25) is 0 Å². The lowest BCUT2D eigenvalue weighted by Crippen LogP contribution is -2.31. The van der Waals surface area contributed by atoms with E-state index in [4.69, 9.17) is 4.74 Å². The van der Waals surface area contributed by atoms with Crippen molar-refractivity contribution < 1.29 is 14.6 Å². The molecule has 0 radical (unpaired) electrons. The van der Waals surface area contributed by atoms with Gasteiger partial charge in [-0.25, -0.2) is 14.8 Å². The second-order valence-corrected chi connectivity index (χ2v) is 7.31. The van der Waals surface area contributed by atoms with Crippen LogP contribution in [0.1, 0.15) is 11.1 Å². The van der Waals surface area contributed by atoms with Gasteiger partial charge >= 0.3 is 5.97 Å². The lowest BCUT2D eigenvalue weighted by molar-refractivity contribution is -0.137. The summed E-state index contributed by atoms with van der Waals surface area (Å²) in [5, 5.41) is 12.6. The minimum absolute atomic E-state index is 0.350. The molecule has 0 spiro atoms. The fourth-order valence-corrected chi connectivity index (χ4v) is 3.29. The number of aromatic nitrogens is 2. The molecule has 2 N–H and O–H groups in total. The van der Waals surface area contributed by atoms with Crippen LogP contribution >= 0.6 is 0 Å². The summed E-state index contributed by atoms with van der Waals surface area (Å²) in [5.74, 6) is 0.287. The fraction of sp³-hybridized carbons (Fsp3) is 0.115. The van der Waals surface area contributed by atoms with E-state index in [1.807, 2.05) is 84.9 Å². The molecule has 160 valence electrons. The topological polar surface area (TPSA) is 84.3 Å². The minimum Gasteiger partial charge on any atom is -0.489 e. The number of nitrogens with zero attached hydrogens (tertiary/aromatic N) is 2. The van der Waals surface area contributed by atoms with Gasteiger partial charge in [-0.15, -0.1) is 0 Å². The van der Waals surface area contributed by atoms with E-state index in [9.17, 15) is 9.90 Å². The molecular weight excluding hydrogens is 402 g/mol. The van der Waals surface area contributed by atoms with E-state index in [1.54, 1.807) is 6.07 Å². The highest BCUT2D eigenvalue weighted by Gasteiger charge is 2.18. The largest absolute Gasteiger partial charge is 0.489 e. The highest BCUT2D eigenvalue weighted by Crippen LogP contribution is 2.23. The summed E-state index contributed by atoms with van der Waals surface area (Å²) in [6, 6.07) is 28.1. The van der Waals surface area contributed by atoms with Crippen LogP contribution in [0.25, 0.3) is 11.3 Å². The molecule has 3 aromatic carbocycles. The lowest BCUT2D eigenvalue weighted by atomic mass is 10.1. The summed E-state index contributed by atoms with van der Waals surface area (Å²) in [6.07, 6.45) is 1.78. The van der Waals surface area contributed by atoms with Gasteiger partial charge in [0.2, 0.25) is 0 Å². The summed E-state index contributed by atoms with van der Waals surface area (Å²) in [4.78, 5) is 20.3. The maximum Gasteiger partial charge on any atom is 0.326 e. The molecule has 6 nitrogen and oxygen atoms in total. The lowest BCUT2D eigenvalue weighted by Gasteiger charge is -2.15. The van der Waals surface area contributed by atoms with E-state index in [-0.39, 0.29) is 0 Å². The Morgan fingerprint density at radius 3 is 2.19 bits per heavy atom. The molecule has 0 aliphatic heterocycles. The molecule has 1 unspecified atom stereocenters. The maximum absolute atomic E-state index is 11.7. The number of carbonyl (C=O) groups is 1. The molecule has 1 heterocycles. The van der Waals surface area contributed by atoms with E-state index in [0.29, 0.717) is 24.5 Å². The van der Waals surface area contributed by atoms with Crippen LogP contribution in [0, 0.1) is 0 Å². The number of anilines is 1. The number of hydrogen-bond donors (Lipinski definition) is 2. The average Bonchev–Trinajstić information content (AvgIpc) is 2.84. The van der Waals surface area contributed by atoms with Crippen LogP contribution in [0.3, 0.4) is 0 Å². The first-order valence-corrected chi connectivity index (χ1v) is 10.3. The number of nitrogens with one attached hydrogen (secondary N) is 1. The maximum atomic E-state index is 11.7. The van der Waals surface area contributed by atoms with Crippen LogP contribution in [-0.2, 0) is 17.8 Å². The summed E-state index contributed by atoms with van der Waals surface area (Å²) in [6.45, 7) is 0.500. The molecule has 0 saturated carbocycles. The van der Waals surface area contributed by atoms with E-state index in [2.05, 4.69) is 15.3 Å². The van der Waals surface area contributed by atoms with Gasteiger partial charge in [0.1, 0.15) is 30.5 Å². The Hall–Kier alpha value is -4.19. The van der Waals surface area contributed by atoms with Gasteiger partial charge in [0, 0.05) is 18.1 Å².